The van der Waals surface area contributed by atoms with Gasteiger partial charge in [-0.3, -0.25) is 9.59 Å². The van der Waals surface area contributed by atoms with E-state index >= 15 is 0 Å². The van der Waals surface area contributed by atoms with E-state index in [1.165, 1.54) is 0 Å². The quantitative estimate of drug-likeness (QED) is 0.721. The van der Waals surface area contributed by atoms with Gasteiger partial charge in [-0.15, -0.1) is 0 Å². The standard InChI is InChI=1S/C20H21NO5/c22-18(11-12-19(23)24)17(13-15-7-3-1-4-8-15)21-20(25)26-14-16-9-5-2-6-10-16/h1-10,17H,11-14H2,(H,21,25)(H,23,24). The topological polar surface area (TPSA) is 92.7 Å². The molecule has 0 saturated carbocycles. The molecule has 1 atom stereocenters. The van der Waals surface area contributed by atoms with E-state index < -0.39 is 18.1 Å². The normalized spacial score (nSPS) is 11.4. The highest BCUT2D eigenvalue weighted by Crippen LogP contribution is 2.08. The Bertz CT molecular complexity index is 730. The summed E-state index contributed by atoms with van der Waals surface area (Å²) in [4.78, 5) is 35.1. The molecule has 2 aromatic carbocycles. The van der Waals surface area contributed by atoms with Gasteiger partial charge in [0.1, 0.15) is 6.61 Å². The van der Waals surface area contributed by atoms with Gasteiger partial charge in [0.25, 0.3) is 0 Å². The van der Waals surface area contributed by atoms with Crippen molar-refractivity contribution in [2.45, 2.75) is 31.9 Å². The minimum absolute atomic E-state index is 0.0913. The second-order valence-electron chi connectivity index (χ2n) is 5.81. The van der Waals surface area contributed by atoms with Gasteiger partial charge < -0.3 is 15.2 Å². The molecular formula is C20H21NO5. The predicted octanol–water partition coefficient (Wildman–Crippen LogP) is 2.96. The Morgan fingerprint density at radius 2 is 1.46 bits per heavy atom. The molecule has 0 aliphatic heterocycles. The van der Waals surface area contributed by atoms with Crippen LogP contribution in [0.25, 0.3) is 0 Å². The van der Waals surface area contributed by atoms with Crippen molar-refractivity contribution in [1.29, 1.82) is 0 Å². The fraction of sp³-hybridized carbons (Fsp3) is 0.250. The largest absolute Gasteiger partial charge is 0.481 e. The minimum atomic E-state index is -1.05. The van der Waals surface area contributed by atoms with Crippen molar-refractivity contribution in [2.24, 2.45) is 0 Å². The second-order valence-corrected chi connectivity index (χ2v) is 5.81. The predicted molar refractivity (Wildman–Crippen MR) is 95.6 cm³/mol. The van der Waals surface area contributed by atoms with Gasteiger partial charge in [-0.2, -0.15) is 0 Å². The number of hydrogen-bond donors (Lipinski definition) is 2. The van der Waals surface area contributed by atoms with Crippen LogP contribution in [-0.4, -0.2) is 29.0 Å². The number of ether oxygens (including phenoxy) is 1. The van der Waals surface area contributed by atoms with Gasteiger partial charge >= 0.3 is 12.1 Å². The summed E-state index contributed by atoms with van der Waals surface area (Å²) in [6, 6.07) is 17.6. The van der Waals surface area contributed by atoms with Crippen molar-refractivity contribution in [3.05, 3.63) is 71.8 Å². The molecule has 0 fully saturated rings. The average Bonchev–Trinajstić information content (AvgIpc) is 2.65. The van der Waals surface area contributed by atoms with Gasteiger partial charge in [0, 0.05) is 6.42 Å². The van der Waals surface area contributed by atoms with Crippen molar-refractivity contribution in [2.75, 3.05) is 0 Å². The third-order valence-corrected chi connectivity index (χ3v) is 3.76. The number of carbonyl (C=O) groups excluding carboxylic acids is 2. The van der Waals surface area contributed by atoms with Crippen LogP contribution in [0.15, 0.2) is 60.7 Å². The van der Waals surface area contributed by atoms with E-state index in [1.807, 2.05) is 60.7 Å². The van der Waals surface area contributed by atoms with Crippen LogP contribution in [0.2, 0.25) is 0 Å². The van der Waals surface area contributed by atoms with Crippen LogP contribution in [0.5, 0.6) is 0 Å². The van der Waals surface area contributed by atoms with Crippen molar-refractivity contribution in [3.63, 3.8) is 0 Å². The number of ketones is 1. The summed E-state index contributed by atoms with van der Waals surface area (Å²) in [5.41, 5.74) is 1.70. The number of alkyl carbamates (subject to hydrolysis) is 1. The Morgan fingerprint density at radius 3 is 2.04 bits per heavy atom. The third kappa shape index (κ3) is 6.76. The number of Topliss-reactive ketones (excluding diaryl/α,β-unsaturated/α-hetero) is 1. The van der Waals surface area contributed by atoms with Gasteiger partial charge in [0.2, 0.25) is 0 Å². The summed E-state index contributed by atoms with van der Waals surface area (Å²) in [6.07, 6.45) is -0.852. The van der Waals surface area contributed by atoms with Crippen LogP contribution in [0, 0.1) is 0 Å². The Hall–Kier alpha value is -3.15. The van der Waals surface area contributed by atoms with Gasteiger partial charge in [-0.1, -0.05) is 60.7 Å². The number of benzene rings is 2. The van der Waals surface area contributed by atoms with Gasteiger partial charge in [-0.25, -0.2) is 4.79 Å². The second kappa shape index (κ2) is 9.98. The molecule has 26 heavy (non-hydrogen) atoms. The van der Waals surface area contributed by atoms with Crippen molar-refractivity contribution < 1.29 is 24.2 Å². The van der Waals surface area contributed by atoms with Gasteiger partial charge in [-0.05, 0) is 17.5 Å². The number of carboxylic acids is 1. The van der Waals surface area contributed by atoms with Crippen LogP contribution in [-0.2, 0) is 27.4 Å². The Balaban J connectivity index is 1.96. The fourth-order valence-electron chi connectivity index (χ4n) is 2.41. The van der Waals surface area contributed by atoms with Crippen molar-refractivity contribution >= 4 is 17.8 Å². The van der Waals surface area contributed by atoms with E-state index in [2.05, 4.69) is 5.32 Å². The molecular weight excluding hydrogens is 334 g/mol. The maximum Gasteiger partial charge on any atom is 0.408 e. The lowest BCUT2D eigenvalue weighted by molar-refractivity contribution is -0.138. The van der Waals surface area contributed by atoms with E-state index in [0.717, 1.165) is 11.1 Å². The molecule has 1 amide bonds. The van der Waals surface area contributed by atoms with E-state index in [1.54, 1.807) is 0 Å². The lowest BCUT2D eigenvalue weighted by Crippen LogP contribution is -2.42. The molecule has 2 N–H and O–H groups in total. The maximum absolute atomic E-state index is 12.3. The molecule has 0 heterocycles. The van der Waals surface area contributed by atoms with Gasteiger partial charge in [0.05, 0.1) is 12.5 Å². The summed E-state index contributed by atoms with van der Waals surface area (Å²) in [5, 5.41) is 11.3. The van der Waals surface area contributed by atoms with Gasteiger partial charge in [0.15, 0.2) is 5.78 Å². The lowest BCUT2D eigenvalue weighted by Gasteiger charge is -2.17. The minimum Gasteiger partial charge on any atom is -0.481 e. The smallest absolute Gasteiger partial charge is 0.408 e. The molecule has 0 aliphatic rings. The first-order valence-electron chi connectivity index (χ1n) is 8.30. The molecule has 1 unspecified atom stereocenters. The first kappa shape index (κ1) is 19.2. The van der Waals surface area contributed by atoms with Crippen molar-refractivity contribution in [1.82, 2.24) is 5.32 Å². The monoisotopic (exact) mass is 355 g/mol. The maximum atomic E-state index is 12.3. The van der Waals surface area contributed by atoms with Crippen molar-refractivity contribution in [3.8, 4) is 0 Å². The zero-order valence-electron chi connectivity index (χ0n) is 14.3. The SMILES string of the molecule is O=C(O)CCC(=O)C(Cc1ccccc1)NC(=O)OCc1ccccc1. The average molecular weight is 355 g/mol. The Kier molecular flexibility index (Phi) is 7.36. The third-order valence-electron chi connectivity index (χ3n) is 3.76. The number of amides is 1. The highest BCUT2D eigenvalue weighted by molar-refractivity contribution is 5.89. The van der Waals surface area contributed by atoms with Crippen LogP contribution >= 0.6 is 0 Å². The number of nitrogens with one attached hydrogen (secondary N) is 1. The number of rotatable bonds is 9. The summed E-state index contributed by atoms with van der Waals surface area (Å²) >= 11 is 0. The fourth-order valence-corrected chi connectivity index (χ4v) is 2.41. The number of carboxylic acid groups (broad SMARTS) is 1. The molecule has 2 rings (SSSR count). The summed E-state index contributed by atoms with van der Waals surface area (Å²) in [7, 11) is 0. The van der Waals surface area contributed by atoms with E-state index in [4.69, 9.17) is 9.84 Å². The molecule has 0 radical (unpaired) electrons. The molecule has 0 saturated heterocycles. The number of carbonyl (C=O) groups is 3. The number of hydrogen-bond acceptors (Lipinski definition) is 4. The first-order valence-corrected chi connectivity index (χ1v) is 8.30. The zero-order valence-corrected chi connectivity index (χ0v) is 14.3. The summed E-state index contributed by atoms with van der Waals surface area (Å²) in [6.45, 7) is 0.0913. The molecule has 0 aliphatic carbocycles. The van der Waals surface area contributed by atoms with Crippen LogP contribution in [0.1, 0.15) is 24.0 Å². The first-order chi connectivity index (χ1) is 12.5. The van der Waals surface area contributed by atoms with E-state index in [-0.39, 0.29) is 31.7 Å². The summed E-state index contributed by atoms with van der Waals surface area (Å²) in [5.74, 6) is -1.39. The zero-order chi connectivity index (χ0) is 18.8. The van der Waals surface area contributed by atoms with E-state index in [9.17, 15) is 14.4 Å². The van der Waals surface area contributed by atoms with E-state index in [0.29, 0.717) is 0 Å². The number of aliphatic carboxylic acids is 1. The lowest BCUT2D eigenvalue weighted by atomic mass is 10.00. The highest BCUT2D eigenvalue weighted by Gasteiger charge is 2.22. The molecule has 6 heteroatoms. The molecule has 0 bridgehead atoms. The molecule has 0 aromatic heterocycles. The van der Waals surface area contributed by atoms with Crippen LogP contribution < -0.4 is 5.32 Å². The molecule has 2 aromatic rings. The van der Waals surface area contributed by atoms with Crippen LogP contribution in [0.3, 0.4) is 0 Å². The Morgan fingerprint density at radius 1 is 0.885 bits per heavy atom. The molecule has 6 nitrogen and oxygen atoms in total. The molecule has 0 spiro atoms. The molecule has 136 valence electrons. The van der Waals surface area contributed by atoms with Crippen LogP contribution in [0.4, 0.5) is 4.79 Å². The highest BCUT2D eigenvalue weighted by atomic mass is 16.5. The summed E-state index contributed by atoms with van der Waals surface area (Å²) < 4.78 is 5.15. The Labute approximate surface area is 151 Å².